The number of hydrogen-bond acceptors (Lipinski definition) is 6. The summed E-state index contributed by atoms with van der Waals surface area (Å²) in [5.41, 5.74) is 0.783. The van der Waals surface area contributed by atoms with Crippen LogP contribution < -0.4 is 19.7 Å². The molecular weight excluding hydrogens is 238 g/mol. The average Bonchev–Trinajstić information content (AvgIpc) is 2.86. The summed E-state index contributed by atoms with van der Waals surface area (Å²) in [7, 11) is 0. The number of rotatable bonds is 2. The molecule has 0 radical (unpaired) electrons. The molecule has 0 saturated carbocycles. The second-order valence-corrected chi connectivity index (χ2v) is 4.19. The molecule has 0 spiro atoms. The first-order valence-corrected chi connectivity index (χ1v) is 5.79. The molecule has 2 heterocycles. The molecular formula is C11H13N3O4. The van der Waals surface area contributed by atoms with Crippen LogP contribution in [0.15, 0.2) is 12.1 Å². The van der Waals surface area contributed by atoms with Crippen molar-refractivity contribution in [1.29, 1.82) is 0 Å². The van der Waals surface area contributed by atoms with Gasteiger partial charge in [-0.1, -0.05) is 0 Å². The SMILES string of the molecule is O=[N+]([O-])c1cc(N2CCNCC2)cc2c1OCO2. The van der Waals surface area contributed by atoms with E-state index < -0.39 is 4.92 Å². The molecule has 96 valence electrons. The highest BCUT2D eigenvalue weighted by Crippen LogP contribution is 2.43. The topological polar surface area (TPSA) is 76.9 Å². The maximum absolute atomic E-state index is 11.0. The number of piperazine rings is 1. The van der Waals surface area contributed by atoms with Gasteiger partial charge in [0, 0.05) is 44.0 Å². The summed E-state index contributed by atoms with van der Waals surface area (Å²) in [6, 6.07) is 3.36. The standard InChI is InChI=1S/C11H13N3O4/c15-14(16)9-5-8(13-3-1-12-2-4-13)6-10-11(9)18-7-17-10/h5-6,12H,1-4,7H2. The zero-order valence-corrected chi connectivity index (χ0v) is 9.72. The van der Waals surface area contributed by atoms with Crippen LogP contribution in [0.1, 0.15) is 0 Å². The third kappa shape index (κ3) is 1.82. The number of ether oxygens (including phenoxy) is 2. The Balaban J connectivity index is 2.00. The van der Waals surface area contributed by atoms with Gasteiger partial charge >= 0.3 is 5.69 Å². The predicted octanol–water partition coefficient (Wildman–Crippen LogP) is 0.733. The van der Waals surface area contributed by atoms with E-state index in [9.17, 15) is 10.1 Å². The normalized spacial score (nSPS) is 17.9. The van der Waals surface area contributed by atoms with Crippen LogP contribution in [-0.4, -0.2) is 37.9 Å². The van der Waals surface area contributed by atoms with Gasteiger partial charge in [-0.05, 0) is 0 Å². The molecule has 2 aliphatic heterocycles. The van der Waals surface area contributed by atoms with Crippen LogP contribution in [-0.2, 0) is 0 Å². The highest BCUT2D eigenvalue weighted by molar-refractivity contribution is 5.67. The molecule has 0 aromatic heterocycles. The second-order valence-electron chi connectivity index (χ2n) is 4.19. The van der Waals surface area contributed by atoms with Crippen molar-refractivity contribution >= 4 is 11.4 Å². The third-order valence-electron chi connectivity index (χ3n) is 3.12. The maximum atomic E-state index is 11.0. The van der Waals surface area contributed by atoms with Crippen molar-refractivity contribution in [3.05, 3.63) is 22.2 Å². The van der Waals surface area contributed by atoms with Crippen molar-refractivity contribution in [2.45, 2.75) is 0 Å². The van der Waals surface area contributed by atoms with Crippen molar-refractivity contribution in [2.24, 2.45) is 0 Å². The molecule has 7 nitrogen and oxygen atoms in total. The van der Waals surface area contributed by atoms with Crippen molar-refractivity contribution in [2.75, 3.05) is 37.9 Å². The lowest BCUT2D eigenvalue weighted by Crippen LogP contribution is -2.43. The first-order valence-electron chi connectivity index (χ1n) is 5.79. The Labute approximate surface area is 103 Å². The van der Waals surface area contributed by atoms with Crippen LogP contribution in [0, 0.1) is 10.1 Å². The first kappa shape index (κ1) is 11.1. The fourth-order valence-corrected chi connectivity index (χ4v) is 2.22. The lowest BCUT2D eigenvalue weighted by Gasteiger charge is -2.29. The van der Waals surface area contributed by atoms with Gasteiger partial charge in [0.15, 0.2) is 5.75 Å². The summed E-state index contributed by atoms with van der Waals surface area (Å²) < 4.78 is 10.4. The van der Waals surface area contributed by atoms with E-state index in [1.54, 1.807) is 12.1 Å². The maximum Gasteiger partial charge on any atom is 0.317 e. The summed E-state index contributed by atoms with van der Waals surface area (Å²) >= 11 is 0. The highest BCUT2D eigenvalue weighted by Gasteiger charge is 2.28. The molecule has 3 rings (SSSR count). The minimum Gasteiger partial charge on any atom is -0.453 e. The molecule has 1 N–H and O–H groups in total. The molecule has 1 aromatic rings. The molecule has 0 atom stereocenters. The van der Waals surface area contributed by atoms with Crippen LogP contribution in [0.4, 0.5) is 11.4 Å². The van der Waals surface area contributed by atoms with Gasteiger partial charge in [-0.15, -0.1) is 0 Å². The summed E-state index contributed by atoms with van der Waals surface area (Å²) in [6.07, 6.45) is 0. The fourth-order valence-electron chi connectivity index (χ4n) is 2.22. The Hall–Kier alpha value is -2.02. The van der Waals surface area contributed by atoms with Gasteiger partial charge in [-0.2, -0.15) is 0 Å². The van der Waals surface area contributed by atoms with Gasteiger partial charge in [0.1, 0.15) is 0 Å². The van der Waals surface area contributed by atoms with E-state index in [0.29, 0.717) is 5.75 Å². The number of fused-ring (bicyclic) bond motifs is 1. The van der Waals surface area contributed by atoms with Crippen molar-refractivity contribution in [3.63, 3.8) is 0 Å². The smallest absolute Gasteiger partial charge is 0.317 e. The average molecular weight is 251 g/mol. The Morgan fingerprint density at radius 2 is 2.06 bits per heavy atom. The number of hydrogen-bond donors (Lipinski definition) is 1. The molecule has 1 aromatic carbocycles. The first-order chi connectivity index (χ1) is 8.75. The van der Waals surface area contributed by atoms with Gasteiger partial charge in [0.2, 0.25) is 12.5 Å². The lowest BCUT2D eigenvalue weighted by molar-refractivity contribution is -0.385. The van der Waals surface area contributed by atoms with E-state index in [2.05, 4.69) is 10.2 Å². The minimum atomic E-state index is -0.431. The van der Waals surface area contributed by atoms with E-state index in [1.807, 2.05) is 0 Å². The number of nitro groups is 1. The number of nitrogens with one attached hydrogen (secondary N) is 1. The molecule has 1 saturated heterocycles. The monoisotopic (exact) mass is 251 g/mol. The number of benzene rings is 1. The van der Waals surface area contributed by atoms with Crippen LogP contribution >= 0.6 is 0 Å². The third-order valence-corrected chi connectivity index (χ3v) is 3.12. The molecule has 1 fully saturated rings. The summed E-state index contributed by atoms with van der Waals surface area (Å²) in [4.78, 5) is 12.7. The Morgan fingerprint density at radius 1 is 1.28 bits per heavy atom. The zero-order valence-electron chi connectivity index (χ0n) is 9.72. The van der Waals surface area contributed by atoms with E-state index in [0.717, 1.165) is 31.9 Å². The van der Waals surface area contributed by atoms with Gasteiger partial charge in [0.25, 0.3) is 0 Å². The van der Waals surface area contributed by atoms with E-state index in [-0.39, 0.29) is 18.2 Å². The Bertz CT molecular complexity index is 485. The molecule has 0 amide bonds. The predicted molar refractivity (Wildman–Crippen MR) is 64.3 cm³/mol. The van der Waals surface area contributed by atoms with Gasteiger partial charge in [-0.3, -0.25) is 10.1 Å². The van der Waals surface area contributed by atoms with Gasteiger partial charge < -0.3 is 19.7 Å². The molecule has 7 heteroatoms. The quantitative estimate of drug-likeness (QED) is 0.617. The van der Waals surface area contributed by atoms with Crippen LogP contribution in [0.3, 0.4) is 0 Å². The lowest BCUT2D eigenvalue weighted by atomic mass is 10.2. The van der Waals surface area contributed by atoms with E-state index >= 15 is 0 Å². The highest BCUT2D eigenvalue weighted by atomic mass is 16.7. The van der Waals surface area contributed by atoms with E-state index in [1.165, 1.54) is 0 Å². The number of nitro benzene ring substituents is 1. The zero-order chi connectivity index (χ0) is 12.5. The van der Waals surface area contributed by atoms with Crippen LogP contribution in [0.2, 0.25) is 0 Å². The largest absolute Gasteiger partial charge is 0.453 e. The molecule has 0 unspecified atom stereocenters. The summed E-state index contributed by atoms with van der Waals surface area (Å²) in [5.74, 6) is 0.691. The minimum absolute atomic E-state index is 0.0291. The van der Waals surface area contributed by atoms with Crippen molar-refractivity contribution in [1.82, 2.24) is 5.32 Å². The second kappa shape index (κ2) is 4.34. The Kier molecular flexibility index (Phi) is 2.67. The van der Waals surface area contributed by atoms with E-state index in [4.69, 9.17) is 9.47 Å². The van der Waals surface area contributed by atoms with Crippen LogP contribution in [0.5, 0.6) is 11.5 Å². The number of nitrogens with zero attached hydrogens (tertiary/aromatic N) is 2. The fraction of sp³-hybridized carbons (Fsp3) is 0.455. The van der Waals surface area contributed by atoms with Gasteiger partial charge in [0.05, 0.1) is 4.92 Å². The van der Waals surface area contributed by atoms with Crippen LogP contribution in [0.25, 0.3) is 0 Å². The summed E-state index contributed by atoms with van der Waals surface area (Å²) in [6.45, 7) is 3.46. The van der Waals surface area contributed by atoms with Gasteiger partial charge in [-0.25, -0.2) is 0 Å². The molecule has 18 heavy (non-hydrogen) atoms. The number of anilines is 1. The molecule has 0 aliphatic carbocycles. The van der Waals surface area contributed by atoms with Crippen molar-refractivity contribution < 1.29 is 14.4 Å². The van der Waals surface area contributed by atoms with Crippen molar-refractivity contribution in [3.8, 4) is 11.5 Å². The summed E-state index contributed by atoms with van der Waals surface area (Å²) in [5, 5.41) is 14.3. The molecule has 0 bridgehead atoms. The molecule has 2 aliphatic rings. The Morgan fingerprint density at radius 3 is 2.78 bits per heavy atom.